The molecule has 88 valence electrons. The second kappa shape index (κ2) is 4.93. The Hall–Kier alpha value is -1.94. The van der Waals surface area contributed by atoms with Crippen LogP contribution in [-0.2, 0) is 6.54 Å². The Morgan fingerprint density at radius 3 is 2.82 bits per heavy atom. The van der Waals surface area contributed by atoms with Gasteiger partial charge in [-0.05, 0) is 37.1 Å². The Kier molecular flexibility index (Phi) is 3.35. The smallest absolute Gasteiger partial charge is 0.322 e. The highest BCUT2D eigenvalue weighted by molar-refractivity contribution is 5.39. The molecule has 0 fully saturated rings. The van der Waals surface area contributed by atoms with E-state index in [1.807, 2.05) is 32.0 Å². The van der Waals surface area contributed by atoms with Gasteiger partial charge in [-0.1, -0.05) is 12.1 Å². The molecule has 17 heavy (non-hydrogen) atoms. The van der Waals surface area contributed by atoms with Crippen LogP contribution in [0.3, 0.4) is 0 Å². The summed E-state index contributed by atoms with van der Waals surface area (Å²) in [4.78, 5) is 8.26. The van der Waals surface area contributed by atoms with Crippen molar-refractivity contribution in [2.45, 2.75) is 20.4 Å². The number of nitrogens with zero attached hydrogens (tertiary/aromatic N) is 2. The molecule has 2 rings (SSSR count). The Balaban J connectivity index is 2.28. The van der Waals surface area contributed by atoms with Crippen LogP contribution in [0.5, 0.6) is 11.8 Å². The fraction of sp³-hybridized carbons (Fsp3) is 0.231. The minimum Gasteiger partial charge on any atom is -0.424 e. The number of hydrogen-bond acceptors (Lipinski definition) is 4. The third-order valence-corrected chi connectivity index (χ3v) is 2.66. The Bertz CT molecular complexity index is 526. The van der Waals surface area contributed by atoms with Gasteiger partial charge in [0, 0.05) is 12.7 Å². The highest BCUT2D eigenvalue weighted by Crippen LogP contribution is 2.24. The van der Waals surface area contributed by atoms with E-state index in [2.05, 4.69) is 9.97 Å². The lowest BCUT2D eigenvalue weighted by Crippen LogP contribution is -2.02. The standard InChI is InChI=1S/C13H15N3O/c1-9-4-3-5-12(10(9)2)17-13-15-7-6-11(8-14)16-13/h3-7H,8,14H2,1-2H3. The maximum absolute atomic E-state index is 5.65. The van der Waals surface area contributed by atoms with Crippen molar-refractivity contribution < 1.29 is 4.74 Å². The first-order valence-corrected chi connectivity index (χ1v) is 5.47. The molecule has 0 amide bonds. The van der Waals surface area contributed by atoms with Gasteiger partial charge >= 0.3 is 6.01 Å². The van der Waals surface area contributed by atoms with E-state index in [1.54, 1.807) is 12.3 Å². The van der Waals surface area contributed by atoms with Crippen LogP contribution < -0.4 is 10.5 Å². The van der Waals surface area contributed by atoms with Crippen molar-refractivity contribution in [3.8, 4) is 11.8 Å². The number of aromatic nitrogens is 2. The van der Waals surface area contributed by atoms with Gasteiger partial charge in [0.15, 0.2) is 0 Å². The zero-order chi connectivity index (χ0) is 12.3. The summed E-state index contributed by atoms with van der Waals surface area (Å²) in [6.07, 6.45) is 1.65. The van der Waals surface area contributed by atoms with Gasteiger partial charge in [-0.25, -0.2) is 4.98 Å². The molecule has 0 aliphatic carbocycles. The molecule has 0 radical (unpaired) electrons. The number of hydrogen-bond donors (Lipinski definition) is 1. The molecule has 0 saturated heterocycles. The molecule has 4 nitrogen and oxygen atoms in total. The molecule has 1 heterocycles. The van der Waals surface area contributed by atoms with Gasteiger partial charge in [0.1, 0.15) is 5.75 Å². The van der Waals surface area contributed by atoms with Gasteiger partial charge in [0.2, 0.25) is 0 Å². The number of aryl methyl sites for hydroxylation is 1. The summed E-state index contributed by atoms with van der Waals surface area (Å²) in [5.41, 5.74) is 8.55. The molecule has 0 saturated carbocycles. The number of nitrogens with two attached hydrogens (primary N) is 1. The second-order valence-corrected chi connectivity index (χ2v) is 3.83. The lowest BCUT2D eigenvalue weighted by Gasteiger charge is -2.09. The lowest BCUT2D eigenvalue weighted by molar-refractivity contribution is 0.436. The summed E-state index contributed by atoms with van der Waals surface area (Å²) in [5.74, 6) is 0.777. The van der Waals surface area contributed by atoms with Gasteiger partial charge in [0.25, 0.3) is 0 Å². The molecule has 0 spiro atoms. The predicted molar refractivity (Wildman–Crippen MR) is 65.9 cm³/mol. The van der Waals surface area contributed by atoms with Gasteiger partial charge in [-0.2, -0.15) is 4.98 Å². The number of benzene rings is 1. The van der Waals surface area contributed by atoms with Crippen LogP contribution in [0.1, 0.15) is 16.8 Å². The molecule has 1 aromatic heterocycles. The minimum absolute atomic E-state index is 0.335. The monoisotopic (exact) mass is 229 g/mol. The van der Waals surface area contributed by atoms with E-state index in [0.29, 0.717) is 12.6 Å². The van der Waals surface area contributed by atoms with Crippen molar-refractivity contribution in [2.24, 2.45) is 5.73 Å². The SMILES string of the molecule is Cc1cccc(Oc2nccc(CN)n2)c1C. The van der Waals surface area contributed by atoms with Gasteiger partial charge < -0.3 is 10.5 Å². The maximum atomic E-state index is 5.65. The molecule has 0 atom stereocenters. The van der Waals surface area contributed by atoms with Gasteiger partial charge in [0.05, 0.1) is 5.69 Å². The van der Waals surface area contributed by atoms with Crippen LogP contribution in [0.4, 0.5) is 0 Å². The molecule has 0 aliphatic heterocycles. The first-order chi connectivity index (χ1) is 8.20. The molecule has 0 bridgehead atoms. The topological polar surface area (TPSA) is 61.0 Å². The van der Waals surface area contributed by atoms with Gasteiger partial charge in [-0.3, -0.25) is 0 Å². The molecule has 2 N–H and O–H groups in total. The third-order valence-electron chi connectivity index (χ3n) is 2.66. The largest absolute Gasteiger partial charge is 0.424 e. The van der Waals surface area contributed by atoms with Crippen molar-refractivity contribution in [1.82, 2.24) is 9.97 Å². The highest BCUT2D eigenvalue weighted by atomic mass is 16.5. The van der Waals surface area contributed by atoms with Crippen LogP contribution >= 0.6 is 0 Å². The number of rotatable bonds is 3. The van der Waals surface area contributed by atoms with E-state index < -0.39 is 0 Å². The quantitative estimate of drug-likeness (QED) is 0.877. The van der Waals surface area contributed by atoms with Crippen LogP contribution in [0.15, 0.2) is 30.5 Å². The van der Waals surface area contributed by atoms with E-state index >= 15 is 0 Å². The lowest BCUT2D eigenvalue weighted by atomic mass is 10.1. The van der Waals surface area contributed by atoms with Crippen molar-refractivity contribution in [1.29, 1.82) is 0 Å². The van der Waals surface area contributed by atoms with E-state index in [4.69, 9.17) is 10.5 Å². The summed E-state index contributed by atoms with van der Waals surface area (Å²) >= 11 is 0. The summed E-state index contributed by atoms with van der Waals surface area (Å²) in [6, 6.07) is 8.00. The van der Waals surface area contributed by atoms with Crippen molar-refractivity contribution in [2.75, 3.05) is 0 Å². The van der Waals surface area contributed by atoms with Crippen molar-refractivity contribution >= 4 is 0 Å². The molecule has 2 aromatic rings. The summed E-state index contributed by atoms with van der Waals surface area (Å²) in [7, 11) is 0. The maximum Gasteiger partial charge on any atom is 0.322 e. The molecule has 1 aromatic carbocycles. The van der Waals surface area contributed by atoms with Crippen LogP contribution in [0.25, 0.3) is 0 Å². The molecule has 4 heteroatoms. The zero-order valence-electron chi connectivity index (χ0n) is 9.97. The van der Waals surface area contributed by atoms with Crippen LogP contribution in [0, 0.1) is 13.8 Å². The van der Waals surface area contributed by atoms with E-state index in [9.17, 15) is 0 Å². The fourth-order valence-corrected chi connectivity index (χ4v) is 1.47. The number of ether oxygens (including phenoxy) is 1. The molecular weight excluding hydrogens is 214 g/mol. The van der Waals surface area contributed by atoms with E-state index in [-0.39, 0.29) is 0 Å². The minimum atomic E-state index is 0.335. The van der Waals surface area contributed by atoms with Crippen LogP contribution in [-0.4, -0.2) is 9.97 Å². The Labute approximate surface area is 100 Å². The van der Waals surface area contributed by atoms with E-state index in [0.717, 1.165) is 17.0 Å². The fourth-order valence-electron chi connectivity index (χ4n) is 1.47. The Morgan fingerprint density at radius 2 is 2.06 bits per heavy atom. The summed E-state index contributed by atoms with van der Waals surface area (Å²) in [5, 5.41) is 0. The molecule has 0 unspecified atom stereocenters. The predicted octanol–water partition coefficient (Wildman–Crippen LogP) is 2.34. The van der Waals surface area contributed by atoms with Gasteiger partial charge in [-0.15, -0.1) is 0 Å². The first-order valence-electron chi connectivity index (χ1n) is 5.47. The van der Waals surface area contributed by atoms with E-state index in [1.165, 1.54) is 5.56 Å². The second-order valence-electron chi connectivity index (χ2n) is 3.83. The average molecular weight is 229 g/mol. The molecular formula is C13H15N3O. The highest BCUT2D eigenvalue weighted by Gasteiger charge is 2.05. The van der Waals surface area contributed by atoms with Crippen LogP contribution in [0.2, 0.25) is 0 Å². The van der Waals surface area contributed by atoms with Crippen molar-refractivity contribution in [3.05, 3.63) is 47.3 Å². The molecule has 0 aliphatic rings. The van der Waals surface area contributed by atoms with Crippen molar-refractivity contribution in [3.63, 3.8) is 0 Å². The average Bonchev–Trinajstić information content (AvgIpc) is 2.35. The summed E-state index contributed by atoms with van der Waals surface area (Å²) in [6.45, 7) is 4.43. The zero-order valence-corrected chi connectivity index (χ0v) is 9.97. The Morgan fingerprint density at radius 1 is 1.24 bits per heavy atom. The normalized spacial score (nSPS) is 10.3. The third kappa shape index (κ3) is 2.60. The first kappa shape index (κ1) is 11.5. The summed E-state index contributed by atoms with van der Waals surface area (Å²) < 4.78 is 5.65.